The first-order valence-corrected chi connectivity index (χ1v) is 8.08. The van der Waals surface area contributed by atoms with Crippen molar-refractivity contribution in [2.75, 3.05) is 0 Å². The highest BCUT2D eigenvalue weighted by Crippen LogP contribution is 2.23. The third-order valence-electron chi connectivity index (χ3n) is 2.75. The Morgan fingerprint density at radius 1 is 1.25 bits per heavy atom. The zero-order valence-electron chi connectivity index (χ0n) is 11.5. The molecule has 0 saturated heterocycles. The van der Waals surface area contributed by atoms with E-state index < -0.39 is 11.0 Å². The van der Waals surface area contributed by atoms with E-state index in [1.165, 1.54) is 0 Å². The van der Waals surface area contributed by atoms with Crippen molar-refractivity contribution in [3.05, 3.63) is 40.0 Å². The molecule has 0 aliphatic carbocycles. The lowest BCUT2D eigenvalue weighted by atomic mass is 10.1. The van der Waals surface area contributed by atoms with Crippen molar-refractivity contribution >= 4 is 45.1 Å². The van der Waals surface area contributed by atoms with E-state index in [-0.39, 0.29) is 4.75 Å². The number of halogens is 2. The summed E-state index contributed by atoms with van der Waals surface area (Å²) in [4.78, 5) is 4.32. The summed E-state index contributed by atoms with van der Waals surface area (Å²) in [7, 11) is -1.15. The average molecular weight is 331 g/mol. The minimum Gasteiger partial charge on any atom is -0.242 e. The lowest BCUT2D eigenvalue weighted by molar-refractivity contribution is 0.635. The highest BCUT2D eigenvalue weighted by molar-refractivity contribution is 7.84. The standard InChI is InChI=1S/C14H16Cl2N2OS/c1-14(2,3)20(19)17-8-10-6-9-7-11(15)4-5-12(9)18-13(10)16/h4-7,17H,8H2,1-3H3/t20-/m0/s1. The number of pyridine rings is 1. The maximum Gasteiger partial charge on any atom is 0.134 e. The zero-order chi connectivity index (χ0) is 14.9. The average Bonchev–Trinajstić information content (AvgIpc) is 2.35. The topological polar surface area (TPSA) is 42.0 Å². The van der Waals surface area contributed by atoms with E-state index in [1.54, 1.807) is 6.07 Å². The van der Waals surface area contributed by atoms with Gasteiger partial charge in [-0.25, -0.2) is 13.9 Å². The SMILES string of the molecule is CC(C)(C)[S@](=O)NCc1cc2cc(Cl)ccc2nc1Cl. The van der Waals surface area contributed by atoms with E-state index in [0.717, 1.165) is 16.5 Å². The molecule has 1 heterocycles. The molecule has 2 aromatic rings. The van der Waals surface area contributed by atoms with Crippen LogP contribution in [0.3, 0.4) is 0 Å². The van der Waals surface area contributed by atoms with Crippen molar-refractivity contribution in [2.45, 2.75) is 32.1 Å². The van der Waals surface area contributed by atoms with Gasteiger partial charge in [-0.3, -0.25) is 0 Å². The van der Waals surface area contributed by atoms with E-state index >= 15 is 0 Å². The number of aromatic nitrogens is 1. The highest BCUT2D eigenvalue weighted by atomic mass is 35.5. The van der Waals surface area contributed by atoms with Gasteiger partial charge in [0, 0.05) is 22.5 Å². The van der Waals surface area contributed by atoms with Crippen LogP contribution >= 0.6 is 23.2 Å². The smallest absolute Gasteiger partial charge is 0.134 e. The summed E-state index contributed by atoms with van der Waals surface area (Å²) in [6.07, 6.45) is 0. The minimum atomic E-state index is -1.15. The van der Waals surface area contributed by atoms with Gasteiger partial charge < -0.3 is 0 Å². The van der Waals surface area contributed by atoms with Crippen molar-refractivity contribution in [3.8, 4) is 0 Å². The predicted molar refractivity (Wildman–Crippen MR) is 86.5 cm³/mol. The van der Waals surface area contributed by atoms with Crippen LogP contribution in [0.15, 0.2) is 24.3 Å². The molecular weight excluding hydrogens is 315 g/mol. The predicted octanol–water partition coefficient (Wildman–Crippen LogP) is 4.09. The number of benzene rings is 1. The van der Waals surface area contributed by atoms with Crippen LogP contribution in [-0.4, -0.2) is 13.9 Å². The third-order valence-corrected chi connectivity index (χ3v) is 4.83. The van der Waals surface area contributed by atoms with Gasteiger partial charge in [0.15, 0.2) is 0 Å². The molecule has 6 heteroatoms. The summed E-state index contributed by atoms with van der Waals surface area (Å²) in [5, 5.41) is 1.98. The Hall–Kier alpha value is -0.680. The molecule has 20 heavy (non-hydrogen) atoms. The first kappa shape index (κ1) is 15.7. The summed E-state index contributed by atoms with van der Waals surface area (Å²) in [5.41, 5.74) is 1.60. The maximum absolute atomic E-state index is 12.0. The molecule has 1 N–H and O–H groups in total. The number of nitrogens with zero attached hydrogens (tertiary/aromatic N) is 1. The van der Waals surface area contributed by atoms with E-state index in [1.807, 2.05) is 39.0 Å². The normalized spacial score (nSPS) is 13.7. The summed E-state index contributed by atoms with van der Waals surface area (Å²) in [5.74, 6) is 0. The Bertz CT molecular complexity index is 668. The minimum absolute atomic E-state index is 0.319. The summed E-state index contributed by atoms with van der Waals surface area (Å²) >= 11 is 12.1. The van der Waals surface area contributed by atoms with Gasteiger partial charge in [0.25, 0.3) is 0 Å². The summed E-state index contributed by atoms with van der Waals surface area (Å²) < 4.78 is 14.6. The molecule has 1 aromatic heterocycles. The lowest BCUT2D eigenvalue weighted by Crippen LogP contribution is -2.32. The molecule has 0 unspecified atom stereocenters. The molecule has 0 saturated carbocycles. The molecule has 2 rings (SSSR count). The van der Waals surface area contributed by atoms with Gasteiger partial charge in [0.2, 0.25) is 0 Å². The Kier molecular flexibility index (Phi) is 4.69. The third kappa shape index (κ3) is 3.70. The first-order valence-electron chi connectivity index (χ1n) is 6.17. The van der Waals surface area contributed by atoms with Gasteiger partial charge in [0.05, 0.1) is 21.2 Å². The van der Waals surface area contributed by atoms with E-state index in [2.05, 4.69) is 9.71 Å². The molecular formula is C14H16Cl2N2OS. The second kappa shape index (κ2) is 5.98. The molecule has 0 radical (unpaired) electrons. The van der Waals surface area contributed by atoms with Gasteiger partial charge in [-0.1, -0.05) is 23.2 Å². The second-order valence-electron chi connectivity index (χ2n) is 5.48. The van der Waals surface area contributed by atoms with Crippen molar-refractivity contribution in [1.29, 1.82) is 0 Å². The maximum atomic E-state index is 12.0. The van der Waals surface area contributed by atoms with E-state index in [4.69, 9.17) is 23.2 Å². The molecule has 0 bridgehead atoms. The number of fused-ring (bicyclic) bond motifs is 1. The van der Waals surface area contributed by atoms with E-state index in [9.17, 15) is 4.21 Å². The van der Waals surface area contributed by atoms with Crippen LogP contribution in [-0.2, 0) is 17.5 Å². The van der Waals surface area contributed by atoms with Crippen LogP contribution < -0.4 is 4.72 Å². The molecule has 0 spiro atoms. The molecule has 0 aliphatic heterocycles. The van der Waals surface area contributed by atoms with Gasteiger partial charge >= 0.3 is 0 Å². The molecule has 0 fully saturated rings. The van der Waals surface area contributed by atoms with Gasteiger partial charge in [-0.05, 0) is 45.0 Å². The largest absolute Gasteiger partial charge is 0.242 e. The van der Waals surface area contributed by atoms with E-state index in [0.29, 0.717) is 16.7 Å². The fraction of sp³-hybridized carbons (Fsp3) is 0.357. The number of hydrogen-bond donors (Lipinski definition) is 1. The Balaban J connectivity index is 2.26. The number of nitrogens with one attached hydrogen (secondary N) is 1. The van der Waals surface area contributed by atoms with Crippen LogP contribution in [0.5, 0.6) is 0 Å². The van der Waals surface area contributed by atoms with Crippen LogP contribution in [0, 0.1) is 0 Å². The molecule has 1 atom stereocenters. The number of hydrogen-bond acceptors (Lipinski definition) is 2. The van der Waals surface area contributed by atoms with Crippen molar-refractivity contribution in [1.82, 2.24) is 9.71 Å². The van der Waals surface area contributed by atoms with Crippen LogP contribution in [0.4, 0.5) is 0 Å². The Morgan fingerprint density at radius 3 is 2.60 bits per heavy atom. The van der Waals surface area contributed by atoms with Crippen LogP contribution in [0.2, 0.25) is 10.2 Å². The fourth-order valence-electron chi connectivity index (χ4n) is 1.65. The highest BCUT2D eigenvalue weighted by Gasteiger charge is 2.19. The quantitative estimate of drug-likeness (QED) is 0.861. The number of rotatable bonds is 3. The first-order chi connectivity index (χ1) is 9.27. The molecule has 3 nitrogen and oxygen atoms in total. The summed E-state index contributed by atoms with van der Waals surface area (Å²) in [6.45, 7) is 6.14. The fourth-order valence-corrected chi connectivity index (χ4v) is 2.76. The van der Waals surface area contributed by atoms with Crippen LogP contribution in [0.25, 0.3) is 10.9 Å². The van der Waals surface area contributed by atoms with Gasteiger partial charge in [-0.15, -0.1) is 0 Å². The lowest BCUT2D eigenvalue weighted by Gasteiger charge is -2.18. The Morgan fingerprint density at radius 2 is 1.95 bits per heavy atom. The van der Waals surface area contributed by atoms with Crippen molar-refractivity contribution in [3.63, 3.8) is 0 Å². The molecule has 108 valence electrons. The molecule has 0 aliphatic rings. The monoisotopic (exact) mass is 330 g/mol. The Labute approximate surface area is 131 Å². The van der Waals surface area contributed by atoms with Gasteiger partial charge in [0.1, 0.15) is 5.15 Å². The molecule has 1 aromatic carbocycles. The summed E-state index contributed by atoms with van der Waals surface area (Å²) in [6, 6.07) is 7.36. The van der Waals surface area contributed by atoms with Crippen molar-refractivity contribution < 1.29 is 4.21 Å². The second-order valence-corrected chi connectivity index (χ2v) is 8.32. The van der Waals surface area contributed by atoms with Gasteiger partial charge in [-0.2, -0.15) is 0 Å². The van der Waals surface area contributed by atoms with Crippen molar-refractivity contribution in [2.24, 2.45) is 0 Å². The van der Waals surface area contributed by atoms with Crippen LogP contribution in [0.1, 0.15) is 26.3 Å². The zero-order valence-corrected chi connectivity index (χ0v) is 13.9. The molecule has 0 amide bonds.